The van der Waals surface area contributed by atoms with E-state index in [1.54, 1.807) is 6.07 Å². The summed E-state index contributed by atoms with van der Waals surface area (Å²) in [7, 11) is 0. The van der Waals surface area contributed by atoms with Gasteiger partial charge < -0.3 is 5.32 Å². The number of nitrogens with zero attached hydrogens (tertiary/aromatic N) is 1. The molecule has 0 fully saturated rings. The van der Waals surface area contributed by atoms with Crippen molar-refractivity contribution in [3.05, 3.63) is 52.6 Å². The number of aromatic amines is 1. The highest BCUT2D eigenvalue weighted by atomic mass is 19.1. The third-order valence-electron chi connectivity index (χ3n) is 3.24. The number of rotatable bonds is 4. The Morgan fingerprint density at radius 1 is 1.33 bits per heavy atom. The quantitative estimate of drug-likeness (QED) is 0.872. The van der Waals surface area contributed by atoms with E-state index in [0.29, 0.717) is 12.1 Å². The number of hydrogen-bond donors (Lipinski definition) is 2. The molecule has 1 atom stereocenters. The second-order valence-corrected chi connectivity index (χ2v) is 4.54. The Morgan fingerprint density at radius 2 is 2.06 bits per heavy atom. The largest absolute Gasteiger partial charge is 0.306 e. The number of hydrogen-bond acceptors (Lipinski definition) is 2. The molecule has 0 saturated carbocycles. The van der Waals surface area contributed by atoms with E-state index in [1.807, 2.05) is 32.9 Å². The summed E-state index contributed by atoms with van der Waals surface area (Å²) in [5.41, 5.74) is 3.89. The summed E-state index contributed by atoms with van der Waals surface area (Å²) in [6, 6.07) is 6.82. The molecular weight excluding hydrogens is 229 g/mol. The van der Waals surface area contributed by atoms with Crippen LogP contribution in [0.25, 0.3) is 0 Å². The van der Waals surface area contributed by atoms with E-state index in [9.17, 15) is 4.39 Å². The number of H-pyrrole nitrogens is 1. The van der Waals surface area contributed by atoms with Gasteiger partial charge in [0.05, 0.1) is 5.69 Å². The van der Waals surface area contributed by atoms with Crippen molar-refractivity contribution in [3.8, 4) is 0 Å². The van der Waals surface area contributed by atoms with E-state index >= 15 is 0 Å². The molecule has 18 heavy (non-hydrogen) atoms. The molecule has 0 spiro atoms. The predicted molar refractivity (Wildman–Crippen MR) is 69.7 cm³/mol. The topological polar surface area (TPSA) is 40.7 Å². The first-order valence-electron chi connectivity index (χ1n) is 6.08. The van der Waals surface area contributed by atoms with E-state index in [1.165, 1.54) is 6.07 Å². The van der Waals surface area contributed by atoms with Gasteiger partial charge in [0.15, 0.2) is 0 Å². The van der Waals surface area contributed by atoms with Crippen molar-refractivity contribution in [2.75, 3.05) is 0 Å². The molecule has 96 valence electrons. The van der Waals surface area contributed by atoms with E-state index in [4.69, 9.17) is 0 Å². The van der Waals surface area contributed by atoms with Crippen molar-refractivity contribution >= 4 is 0 Å². The molecule has 3 nitrogen and oxygen atoms in total. The van der Waals surface area contributed by atoms with Crippen LogP contribution in [0.1, 0.15) is 35.5 Å². The molecule has 0 saturated heterocycles. The first kappa shape index (κ1) is 12.8. The summed E-state index contributed by atoms with van der Waals surface area (Å²) in [4.78, 5) is 0. The van der Waals surface area contributed by atoms with Gasteiger partial charge in [0.1, 0.15) is 5.82 Å². The van der Waals surface area contributed by atoms with Crippen molar-refractivity contribution in [2.24, 2.45) is 0 Å². The summed E-state index contributed by atoms with van der Waals surface area (Å²) in [6.07, 6.45) is 0. The van der Waals surface area contributed by atoms with Crippen LogP contribution in [0.2, 0.25) is 0 Å². The number of nitrogens with one attached hydrogen (secondary N) is 2. The fraction of sp³-hybridized carbons (Fsp3) is 0.357. The number of benzene rings is 1. The zero-order valence-electron chi connectivity index (χ0n) is 10.9. The van der Waals surface area contributed by atoms with Crippen LogP contribution in [-0.4, -0.2) is 10.2 Å². The van der Waals surface area contributed by atoms with Crippen molar-refractivity contribution < 1.29 is 4.39 Å². The lowest BCUT2D eigenvalue weighted by Crippen LogP contribution is -2.19. The van der Waals surface area contributed by atoms with E-state index in [0.717, 1.165) is 17.0 Å². The zero-order valence-corrected chi connectivity index (χ0v) is 10.9. The molecule has 0 aliphatic rings. The molecule has 1 unspecified atom stereocenters. The molecule has 1 aromatic heterocycles. The Kier molecular flexibility index (Phi) is 3.77. The van der Waals surface area contributed by atoms with Crippen LogP contribution in [0.5, 0.6) is 0 Å². The molecule has 0 amide bonds. The average molecular weight is 247 g/mol. The zero-order chi connectivity index (χ0) is 13.1. The Labute approximate surface area is 106 Å². The monoisotopic (exact) mass is 247 g/mol. The Hall–Kier alpha value is -1.68. The maximum Gasteiger partial charge on any atom is 0.127 e. The maximum absolute atomic E-state index is 13.6. The van der Waals surface area contributed by atoms with E-state index in [-0.39, 0.29) is 11.9 Å². The third kappa shape index (κ3) is 2.59. The maximum atomic E-state index is 13.6. The molecular formula is C14H18FN3. The first-order chi connectivity index (χ1) is 8.59. The summed E-state index contributed by atoms with van der Waals surface area (Å²) >= 11 is 0. The summed E-state index contributed by atoms with van der Waals surface area (Å²) in [5, 5.41) is 10.4. The Bertz CT molecular complexity index is 514. The normalized spacial score (nSPS) is 12.7. The number of aryl methyl sites for hydroxylation is 2. The lowest BCUT2D eigenvalue weighted by molar-refractivity contribution is 0.527. The van der Waals surface area contributed by atoms with Crippen LogP contribution in [0, 0.1) is 19.7 Å². The third-order valence-corrected chi connectivity index (χ3v) is 3.24. The predicted octanol–water partition coefficient (Wildman–Crippen LogP) is 3.02. The summed E-state index contributed by atoms with van der Waals surface area (Å²) in [6.45, 7) is 6.60. The van der Waals surface area contributed by atoms with Gasteiger partial charge in [-0.1, -0.05) is 18.2 Å². The Morgan fingerprint density at radius 3 is 2.67 bits per heavy atom. The van der Waals surface area contributed by atoms with Gasteiger partial charge in [-0.05, 0) is 26.8 Å². The molecule has 0 radical (unpaired) electrons. The molecule has 2 aromatic rings. The number of aromatic nitrogens is 2. The molecule has 1 aromatic carbocycles. The van der Waals surface area contributed by atoms with Crippen molar-refractivity contribution in [2.45, 2.75) is 33.4 Å². The van der Waals surface area contributed by atoms with Gasteiger partial charge in [-0.25, -0.2) is 4.39 Å². The Balaban J connectivity index is 2.05. The lowest BCUT2D eigenvalue weighted by atomic mass is 10.1. The van der Waals surface area contributed by atoms with Gasteiger partial charge in [-0.3, -0.25) is 5.10 Å². The van der Waals surface area contributed by atoms with E-state index < -0.39 is 0 Å². The fourth-order valence-corrected chi connectivity index (χ4v) is 2.03. The highest BCUT2D eigenvalue weighted by molar-refractivity contribution is 5.24. The second kappa shape index (κ2) is 5.31. The molecule has 0 aliphatic carbocycles. The summed E-state index contributed by atoms with van der Waals surface area (Å²) < 4.78 is 13.6. The van der Waals surface area contributed by atoms with Crippen LogP contribution < -0.4 is 5.32 Å². The second-order valence-electron chi connectivity index (χ2n) is 4.54. The van der Waals surface area contributed by atoms with Gasteiger partial charge in [0.25, 0.3) is 0 Å². The van der Waals surface area contributed by atoms with Crippen molar-refractivity contribution in [3.63, 3.8) is 0 Å². The average Bonchev–Trinajstić information content (AvgIpc) is 2.67. The molecule has 0 bridgehead atoms. The van der Waals surface area contributed by atoms with Gasteiger partial charge in [0, 0.05) is 29.4 Å². The standard InChI is InChI=1S/C14H18FN3/c1-9(12-6-4-5-7-14(12)15)16-8-13-10(2)17-18-11(13)3/h4-7,9,16H,8H2,1-3H3,(H,17,18). The minimum Gasteiger partial charge on any atom is -0.306 e. The fourth-order valence-electron chi connectivity index (χ4n) is 2.03. The number of halogens is 1. The summed E-state index contributed by atoms with van der Waals surface area (Å²) in [5.74, 6) is -0.168. The van der Waals surface area contributed by atoms with Crippen molar-refractivity contribution in [1.29, 1.82) is 0 Å². The highest BCUT2D eigenvalue weighted by Crippen LogP contribution is 2.17. The van der Waals surface area contributed by atoms with Gasteiger partial charge in [0.2, 0.25) is 0 Å². The van der Waals surface area contributed by atoms with Crippen LogP contribution in [0.15, 0.2) is 24.3 Å². The molecule has 4 heteroatoms. The lowest BCUT2D eigenvalue weighted by Gasteiger charge is -2.15. The first-order valence-corrected chi connectivity index (χ1v) is 6.08. The molecule has 2 rings (SSSR count). The molecule has 1 heterocycles. The van der Waals surface area contributed by atoms with Gasteiger partial charge >= 0.3 is 0 Å². The van der Waals surface area contributed by atoms with Crippen LogP contribution in [-0.2, 0) is 6.54 Å². The van der Waals surface area contributed by atoms with Crippen molar-refractivity contribution in [1.82, 2.24) is 15.5 Å². The van der Waals surface area contributed by atoms with Gasteiger partial charge in [-0.2, -0.15) is 5.10 Å². The molecule has 2 N–H and O–H groups in total. The minimum absolute atomic E-state index is 0.0279. The van der Waals surface area contributed by atoms with E-state index in [2.05, 4.69) is 15.5 Å². The smallest absolute Gasteiger partial charge is 0.127 e. The van der Waals surface area contributed by atoms with Crippen LogP contribution >= 0.6 is 0 Å². The van der Waals surface area contributed by atoms with Gasteiger partial charge in [-0.15, -0.1) is 0 Å². The minimum atomic E-state index is -0.168. The molecule has 0 aliphatic heterocycles. The highest BCUT2D eigenvalue weighted by Gasteiger charge is 2.12. The SMILES string of the molecule is Cc1n[nH]c(C)c1CNC(C)c1ccccc1F. The van der Waals surface area contributed by atoms with Crippen LogP contribution in [0.4, 0.5) is 4.39 Å². The van der Waals surface area contributed by atoms with Crippen LogP contribution in [0.3, 0.4) is 0 Å².